The number of carbonyl (C=O) groups is 1. The summed E-state index contributed by atoms with van der Waals surface area (Å²) in [5.41, 5.74) is 6.62. The summed E-state index contributed by atoms with van der Waals surface area (Å²) >= 11 is 0. The molecule has 3 heterocycles. The number of nitrogens with zero attached hydrogens (tertiary/aromatic N) is 4. The van der Waals surface area contributed by atoms with E-state index >= 15 is 0 Å². The monoisotopic (exact) mass is 354 g/mol. The minimum absolute atomic E-state index is 0.00605. The first-order valence-corrected chi connectivity index (χ1v) is 9.18. The van der Waals surface area contributed by atoms with Gasteiger partial charge in [-0.2, -0.15) is 5.26 Å². The molecule has 1 unspecified atom stereocenters. The highest BCUT2D eigenvalue weighted by Crippen LogP contribution is 2.40. The van der Waals surface area contributed by atoms with Crippen LogP contribution in [0.2, 0.25) is 0 Å². The molecule has 0 spiro atoms. The third kappa shape index (κ3) is 2.53. The Morgan fingerprint density at radius 1 is 1.04 bits per heavy atom. The van der Waals surface area contributed by atoms with Crippen molar-refractivity contribution in [1.82, 2.24) is 9.55 Å². The highest BCUT2D eigenvalue weighted by atomic mass is 16.2. The van der Waals surface area contributed by atoms with Crippen LogP contribution in [0.5, 0.6) is 0 Å². The minimum atomic E-state index is -0.00605. The van der Waals surface area contributed by atoms with E-state index in [2.05, 4.69) is 27.8 Å². The summed E-state index contributed by atoms with van der Waals surface area (Å²) in [5, 5.41) is 9.10. The average molecular weight is 354 g/mol. The number of hydrogen-bond donors (Lipinski definition) is 0. The predicted octanol–water partition coefficient (Wildman–Crippen LogP) is 3.23. The van der Waals surface area contributed by atoms with E-state index in [0.717, 1.165) is 30.6 Å². The largest absolute Gasteiger partial charge is 0.326 e. The first-order valence-electron chi connectivity index (χ1n) is 9.18. The molecule has 27 heavy (non-hydrogen) atoms. The van der Waals surface area contributed by atoms with Gasteiger partial charge in [0.05, 0.1) is 29.7 Å². The van der Waals surface area contributed by atoms with Gasteiger partial charge in [0, 0.05) is 25.4 Å². The fraction of sp³-hybridized carbons (Fsp3) is 0.227. The molecule has 0 aliphatic carbocycles. The van der Waals surface area contributed by atoms with Crippen molar-refractivity contribution in [1.29, 1.82) is 5.26 Å². The van der Waals surface area contributed by atoms with Crippen molar-refractivity contribution in [2.24, 2.45) is 0 Å². The van der Waals surface area contributed by atoms with Crippen molar-refractivity contribution in [3.8, 4) is 6.07 Å². The Labute approximate surface area is 157 Å². The van der Waals surface area contributed by atoms with Crippen LogP contribution in [0.1, 0.15) is 40.3 Å². The Morgan fingerprint density at radius 3 is 2.52 bits per heavy atom. The van der Waals surface area contributed by atoms with Crippen molar-refractivity contribution in [2.45, 2.75) is 25.3 Å². The lowest BCUT2D eigenvalue weighted by molar-refractivity contribution is -0.118. The van der Waals surface area contributed by atoms with E-state index in [1.54, 1.807) is 6.20 Å². The maximum atomic E-state index is 12.2. The Hall–Kier alpha value is -3.39. The van der Waals surface area contributed by atoms with Crippen molar-refractivity contribution < 1.29 is 4.79 Å². The Bertz CT molecular complexity index is 1060. The van der Waals surface area contributed by atoms with Crippen molar-refractivity contribution >= 4 is 11.6 Å². The lowest BCUT2D eigenvalue weighted by atomic mass is 9.91. The molecule has 2 aliphatic rings. The molecule has 1 atom stereocenters. The molecule has 0 fully saturated rings. The van der Waals surface area contributed by atoms with Crippen LogP contribution in [0.4, 0.5) is 5.69 Å². The Balaban J connectivity index is 1.65. The molecule has 5 heteroatoms. The number of benzene rings is 2. The molecule has 0 N–H and O–H groups in total. The highest BCUT2D eigenvalue weighted by Gasteiger charge is 2.32. The second kappa shape index (κ2) is 6.10. The quantitative estimate of drug-likeness (QED) is 0.725. The number of amides is 1. The number of imidazole rings is 1. The summed E-state index contributed by atoms with van der Waals surface area (Å²) in [6.45, 7) is 0.789. The van der Waals surface area contributed by atoms with Gasteiger partial charge in [-0.3, -0.25) is 4.79 Å². The summed E-state index contributed by atoms with van der Waals surface area (Å²) in [4.78, 5) is 18.4. The maximum absolute atomic E-state index is 12.2. The number of aromatic nitrogens is 2. The molecular formula is C22H18N4O. The maximum Gasteiger partial charge on any atom is 0.227 e. The summed E-state index contributed by atoms with van der Waals surface area (Å²) in [5.74, 6) is 0.243. The molecule has 1 amide bonds. The zero-order valence-electron chi connectivity index (χ0n) is 14.8. The topological polar surface area (TPSA) is 61.9 Å². The average Bonchev–Trinajstić information content (AvgIpc) is 3.37. The van der Waals surface area contributed by atoms with Crippen LogP contribution >= 0.6 is 0 Å². The molecular weight excluding hydrogens is 336 g/mol. The zero-order chi connectivity index (χ0) is 18.4. The van der Waals surface area contributed by atoms with Gasteiger partial charge in [0.2, 0.25) is 5.91 Å². The van der Waals surface area contributed by atoms with Gasteiger partial charge < -0.3 is 9.47 Å². The fourth-order valence-electron chi connectivity index (χ4n) is 4.34. The van der Waals surface area contributed by atoms with E-state index in [-0.39, 0.29) is 11.9 Å². The molecule has 2 aromatic carbocycles. The predicted molar refractivity (Wildman–Crippen MR) is 101 cm³/mol. The van der Waals surface area contributed by atoms with E-state index in [0.29, 0.717) is 12.0 Å². The van der Waals surface area contributed by atoms with Crippen LogP contribution < -0.4 is 4.90 Å². The molecule has 0 saturated heterocycles. The summed E-state index contributed by atoms with van der Waals surface area (Å²) in [6, 6.07) is 14.4. The molecule has 1 aromatic heterocycles. The van der Waals surface area contributed by atoms with Crippen LogP contribution in [0, 0.1) is 11.3 Å². The molecule has 3 aromatic rings. The first kappa shape index (κ1) is 15.8. The fourth-order valence-corrected chi connectivity index (χ4v) is 4.34. The molecule has 2 aliphatic heterocycles. The van der Waals surface area contributed by atoms with Gasteiger partial charge in [-0.15, -0.1) is 0 Å². The second-order valence-electron chi connectivity index (χ2n) is 7.13. The summed E-state index contributed by atoms with van der Waals surface area (Å²) in [7, 11) is 0. The van der Waals surface area contributed by atoms with Crippen molar-refractivity contribution in [3.63, 3.8) is 0 Å². The standard InChI is InChI=1S/C22H18N4O/c23-13-15-1-3-16(4-2-15)21(25-10-8-24-14-25)19-11-17-5-6-20(27)26-9-7-18(12-19)22(17)26/h1-4,8,10-12,14,21H,5-7,9H2. The Morgan fingerprint density at radius 2 is 1.81 bits per heavy atom. The Kier molecular flexibility index (Phi) is 3.58. The minimum Gasteiger partial charge on any atom is -0.326 e. The number of carbonyl (C=O) groups excluding carboxylic acids is 1. The lowest BCUT2D eigenvalue weighted by Crippen LogP contribution is -2.32. The third-order valence-electron chi connectivity index (χ3n) is 5.57. The van der Waals surface area contributed by atoms with E-state index in [4.69, 9.17) is 5.26 Å². The molecule has 5 nitrogen and oxygen atoms in total. The van der Waals surface area contributed by atoms with Crippen LogP contribution in [0.15, 0.2) is 55.1 Å². The van der Waals surface area contributed by atoms with E-state index in [1.165, 1.54) is 16.7 Å². The van der Waals surface area contributed by atoms with Crippen molar-refractivity contribution in [3.05, 3.63) is 82.9 Å². The van der Waals surface area contributed by atoms with Crippen molar-refractivity contribution in [2.75, 3.05) is 11.4 Å². The number of rotatable bonds is 3. The normalized spacial score (nSPS) is 16.1. The van der Waals surface area contributed by atoms with E-state index in [9.17, 15) is 4.79 Å². The van der Waals surface area contributed by atoms with Gasteiger partial charge >= 0.3 is 0 Å². The molecule has 0 radical (unpaired) electrons. The third-order valence-corrected chi connectivity index (χ3v) is 5.57. The van der Waals surface area contributed by atoms with Crippen LogP contribution in [0.3, 0.4) is 0 Å². The van der Waals surface area contributed by atoms with E-state index < -0.39 is 0 Å². The zero-order valence-corrected chi connectivity index (χ0v) is 14.8. The molecule has 0 saturated carbocycles. The highest BCUT2D eigenvalue weighted by molar-refractivity contribution is 5.98. The molecule has 132 valence electrons. The van der Waals surface area contributed by atoms with Crippen LogP contribution in [0.25, 0.3) is 0 Å². The number of anilines is 1. The van der Waals surface area contributed by atoms with Gasteiger partial charge in [-0.25, -0.2) is 4.98 Å². The summed E-state index contributed by atoms with van der Waals surface area (Å²) < 4.78 is 2.09. The summed E-state index contributed by atoms with van der Waals surface area (Å²) in [6.07, 6.45) is 7.88. The SMILES string of the molecule is N#Cc1ccc(C(c2cc3c4c(c2)CCN4C(=O)CC3)n2ccnc2)cc1. The van der Waals surface area contributed by atoms with Gasteiger partial charge in [0.25, 0.3) is 0 Å². The number of nitriles is 1. The second-order valence-corrected chi connectivity index (χ2v) is 7.13. The van der Waals surface area contributed by atoms with Gasteiger partial charge in [0.15, 0.2) is 0 Å². The lowest BCUT2D eigenvalue weighted by Gasteiger charge is -2.27. The van der Waals surface area contributed by atoms with Gasteiger partial charge in [0.1, 0.15) is 0 Å². The van der Waals surface area contributed by atoms with E-state index in [1.807, 2.05) is 41.7 Å². The van der Waals surface area contributed by atoms with Crippen LogP contribution in [-0.2, 0) is 17.6 Å². The van der Waals surface area contributed by atoms with Gasteiger partial charge in [-0.05, 0) is 47.2 Å². The smallest absolute Gasteiger partial charge is 0.227 e. The first-order chi connectivity index (χ1) is 13.2. The molecule has 5 rings (SSSR count). The number of hydrogen-bond acceptors (Lipinski definition) is 3. The van der Waals surface area contributed by atoms with Gasteiger partial charge in [-0.1, -0.05) is 24.3 Å². The number of aryl methyl sites for hydroxylation is 1. The van der Waals surface area contributed by atoms with Crippen LogP contribution in [-0.4, -0.2) is 22.0 Å². The molecule has 0 bridgehead atoms.